The zero-order valence-electron chi connectivity index (χ0n) is 8.85. The van der Waals surface area contributed by atoms with Crippen molar-refractivity contribution in [1.82, 2.24) is 10.2 Å². The second kappa shape index (κ2) is 4.82. The Morgan fingerprint density at radius 2 is 1.83 bits per heavy atom. The van der Waals surface area contributed by atoms with Crippen LogP contribution >= 0.6 is 23.2 Å². The number of alkyl halides is 3. The lowest BCUT2D eigenvalue weighted by atomic mass is 10.1. The van der Waals surface area contributed by atoms with Gasteiger partial charge in [-0.15, -0.1) is 0 Å². The van der Waals surface area contributed by atoms with Gasteiger partial charge in [0.15, 0.2) is 5.15 Å². The predicted molar refractivity (Wildman–Crippen MR) is 62.9 cm³/mol. The molecular formula is C11H7Cl2F3N2. The van der Waals surface area contributed by atoms with Gasteiger partial charge < -0.3 is 0 Å². The third-order valence-electron chi connectivity index (χ3n) is 2.43. The first-order valence-electron chi connectivity index (χ1n) is 4.93. The second-order valence-electron chi connectivity index (χ2n) is 3.63. The Balaban J connectivity index is 2.41. The quantitative estimate of drug-likeness (QED) is 0.878. The summed E-state index contributed by atoms with van der Waals surface area (Å²) in [6.45, 7) is 0. The van der Waals surface area contributed by atoms with Gasteiger partial charge in [0.1, 0.15) is 5.69 Å². The van der Waals surface area contributed by atoms with Gasteiger partial charge in [-0.05, 0) is 11.6 Å². The maximum atomic E-state index is 12.7. The van der Waals surface area contributed by atoms with Crippen LogP contribution in [0.25, 0.3) is 0 Å². The first-order valence-corrected chi connectivity index (χ1v) is 5.68. The molecule has 96 valence electrons. The number of aromatic amines is 1. The summed E-state index contributed by atoms with van der Waals surface area (Å²) in [6, 6.07) is 6.65. The Kier molecular flexibility index (Phi) is 3.54. The number of benzene rings is 1. The van der Waals surface area contributed by atoms with Gasteiger partial charge in [-0.25, -0.2) is 0 Å². The fourth-order valence-corrected chi connectivity index (χ4v) is 1.98. The molecule has 0 spiro atoms. The molecule has 7 heteroatoms. The lowest BCUT2D eigenvalue weighted by Gasteiger charge is -2.08. The van der Waals surface area contributed by atoms with Gasteiger partial charge in [-0.3, -0.25) is 5.10 Å². The average Bonchev–Trinajstić information content (AvgIpc) is 2.63. The van der Waals surface area contributed by atoms with Crippen LogP contribution in [0, 0.1) is 0 Å². The molecule has 0 saturated heterocycles. The van der Waals surface area contributed by atoms with Crippen molar-refractivity contribution < 1.29 is 13.2 Å². The molecule has 0 unspecified atom stereocenters. The molecule has 1 aromatic carbocycles. The van der Waals surface area contributed by atoms with E-state index in [4.69, 9.17) is 23.2 Å². The van der Waals surface area contributed by atoms with Crippen LogP contribution in [-0.4, -0.2) is 10.2 Å². The smallest absolute Gasteiger partial charge is 0.272 e. The minimum absolute atomic E-state index is 0.0240. The maximum absolute atomic E-state index is 12.7. The highest BCUT2D eigenvalue weighted by molar-refractivity contribution is 6.31. The summed E-state index contributed by atoms with van der Waals surface area (Å²) >= 11 is 11.6. The zero-order chi connectivity index (χ0) is 13.3. The first kappa shape index (κ1) is 13.2. The normalized spacial score (nSPS) is 11.8. The van der Waals surface area contributed by atoms with Crippen molar-refractivity contribution in [3.63, 3.8) is 0 Å². The van der Waals surface area contributed by atoms with Crippen molar-refractivity contribution >= 4 is 23.2 Å². The van der Waals surface area contributed by atoms with Crippen LogP contribution in [0.4, 0.5) is 13.2 Å². The molecule has 0 aliphatic rings. The minimum atomic E-state index is -4.52. The van der Waals surface area contributed by atoms with Gasteiger partial charge >= 0.3 is 6.18 Å². The van der Waals surface area contributed by atoms with Crippen molar-refractivity contribution in [1.29, 1.82) is 0 Å². The average molecular weight is 295 g/mol. The van der Waals surface area contributed by atoms with Crippen molar-refractivity contribution in [3.05, 3.63) is 51.3 Å². The van der Waals surface area contributed by atoms with E-state index in [2.05, 4.69) is 5.10 Å². The first-order chi connectivity index (χ1) is 8.39. The number of halogens is 5. The second-order valence-corrected chi connectivity index (χ2v) is 4.40. The molecule has 2 aromatic rings. The van der Waals surface area contributed by atoms with Crippen LogP contribution < -0.4 is 0 Å². The van der Waals surface area contributed by atoms with Crippen LogP contribution in [0.2, 0.25) is 10.2 Å². The molecule has 2 nitrogen and oxygen atoms in total. The molecule has 0 radical (unpaired) electrons. The molecule has 0 bridgehead atoms. The van der Waals surface area contributed by atoms with Crippen LogP contribution in [0.1, 0.15) is 16.8 Å². The van der Waals surface area contributed by atoms with E-state index in [9.17, 15) is 13.2 Å². The van der Waals surface area contributed by atoms with Gasteiger partial charge in [-0.1, -0.05) is 41.4 Å². The van der Waals surface area contributed by atoms with Crippen LogP contribution in [0.5, 0.6) is 0 Å². The number of rotatable bonds is 2. The minimum Gasteiger partial charge on any atom is -0.272 e. The molecule has 2 rings (SSSR count). The summed E-state index contributed by atoms with van der Waals surface area (Å²) in [4.78, 5) is 0. The zero-order valence-corrected chi connectivity index (χ0v) is 10.4. The van der Waals surface area contributed by atoms with Crippen LogP contribution in [0.3, 0.4) is 0 Å². The molecule has 0 aliphatic carbocycles. The van der Waals surface area contributed by atoms with Crippen LogP contribution in [-0.2, 0) is 12.6 Å². The molecular weight excluding hydrogens is 288 g/mol. The monoisotopic (exact) mass is 294 g/mol. The predicted octanol–water partition coefficient (Wildman–Crippen LogP) is 4.33. The van der Waals surface area contributed by atoms with Gasteiger partial charge in [0.2, 0.25) is 0 Å². The van der Waals surface area contributed by atoms with Gasteiger partial charge in [-0.2, -0.15) is 18.3 Å². The number of H-pyrrole nitrogens is 1. The number of hydrogen-bond donors (Lipinski definition) is 1. The number of nitrogens with zero attached hydrogens (tertiary/aromatic N) is 1. The summed E-state index contributed by atoms with van der Waals surface area (Å²) in [6.07, 6.45) is -4.54. The van der Waals surface area contributed by atoms with E-state index in [0.717, 1.165) is 0 Å². The van der Waals surface area contributed by atoms with Crippen molar-refractivity contribution in [2.24, 2.45) is 0 Å². The van der Waals surface area contributed by atoms with E-state index < -0.39 is 11.9 Å². The van der Waals surface area contributed by atoms with E-state index in [1.807, 2.05) is 5.10 Å². The Morgan fingerprint density at radius 1 is 1.17 bits per heavy atom. The van der Waals surface area contributed by atoms with E-state index in [1.54, 1.807) is 24.3 Å². The highest BCUT2D eigenvalue weighted by Gasteiger charge is 2.37. The summed E-state index contributed by atoms with van der Waals surface area (Å²) in [5.74, 6) is 0. The van der Waals surface area contributed by atoms with E-state index in [-0.39, 0.29) is 17.1 Å². The maximum Gasteiger partial charge on any atom is 0.433 e. The van der Waals surface area contributed by atoms with Crippen LogP contribution in [0.15, 0.2) is 24.3 Å². The van der Waals surface area contributed by atoms with Crippen molar-refractivity contribution in [3.8, 4) is 0 Å². The summed E-state index contributed by atoms with van der Waals surface area (Å²) < 4.78 is 38.1. The van der Waals surface area contributed by atoms with Gasteiger partial charge in [0, 0.05) is 17.0 Å². The van der Waals surface area contributed by atoms with Crippen molar-refractivity contribution in [2.45, 2.75) is 12.6 Å². The largest absolute Gasteiger partial charge is 0.433 e. The molecule has 1 N–H and O–H groups in total. The number of nitrogens with one attached hydrogen (secondary N) is 1. The van der Waals surface area contributed by atoms with Gasteiger partial charge in [0.05, 0.1) is 0 Å². The molecule has 0 amide bonds. The fraction of sp³-hybridized carbons (Fsp3) is 0.182. The summed E-state index contributed by atoms with van der Waals surface area (Å²) in [7, 11) is 0. The molecule has 0 saturated carbocycles. The lowest BCUT2D eigenvalue weighted by Crippen LogP contribution is -2.09. The molecule has 18 heavy (non-hydrogen) atoms. The lowest BCUT2D eigenvalue weighted by molar-refractivity contribution is -0.141. The highest BCUT2D eigenvalue weighted by Crippen LogP contribution is 2.35. The van der Waals surface area contributed by atoms with E-state index in [0.29, 0.717) is 10.6 Å². The van der Waals surface area contributed by atoms with E-state index in [1.165, 1.54) is 0 Å². The fourth-order valence-electron chi connectivity index (χ4n) is 1.57. The highest BCUT2D eigenvalue weighted by atomic mass is 35.5. The summed E-state index contributed by atoms with van der Waals surface area (Å²) in [5.41, 5.74) is -0.474. The Morgan fingerprint density at radius 3 is 2.44 bits per heavy atom. The summed E-state index contributed by atoms with van der Waals surface area (Å²) in [5, 5.41) is 5.49. The number of aromatic nitrogens is 2. The standard InChI is InChI=1S/C11H7Cl2F3N2/c12-8-4-2-1-3-6(8)5-7-9(11(14,15)16)17-18-10(7)13/h1-4H,5H2,(H,17,18). The van der Waals surface area contributed by atoms with Gasteiger partial charge in [0.25, 0.3) is 0 Å². The van der Waals surface area contributed by atoms with Crippen molar-refractivity contribution in [2.75, 3.05) is 0 Å². The number of hydrogen-bond acceptors (Lipinski definition) is 1. The third-order valence-corrected chi connectivity index (χ3v) is 3.11. The Labute approximate surface area is 111 Å². The Hall–Kier alpha value is -1.20. The molecule has 0 atom stereocenters. The molecule has 0 aliphatic heterocycles. The Bertz CT molecular complexity index is 564. The SMILES string of the molecule is FC(F)(F)c1[nH]nc(Cl)c1Cc1ccccc1Cl. The topological polar surface area (TPSA) is 28.7 Å². The molecule has 0 fully saturated rings. The third kappa shape index (κ3) is 2.62. The van der Waals surface area contributed by atoms with E-state index >= 15 is 0 Å². The molecule has 1 heterocycles. The molecule has 1 aromatic heterocycles.